The second-order valence-corrected chi connectivity index (χ2v) is 8.94. The normalized spacial score (nSPS) is 15.1. The van der Waals surface area contributed by atoms with E-state index in [0.29, 0.717) is 11.4 Å². The lowest BCUT2D eigenvalue weighted by molar-refractivity contribution is -0.137. The molecule has 0 saturated carbocycles. The van der Waals surface area contributed by atoms with Crippen LogP contribution in [0.1, 0.15) is 30.9 Å². The highest BCUT2D eigenvalue weighted by Crippen LogP contribution is 2.38. The number of hydrogen-bond donors (Lipinski definition) is 1. The molecule has 3 aromatic rings. The number of rotatable bonds is 5. The molecule has 8 heteroatoms. The van der Waals surface area contributed by atoms with Gasteiger partial charge in [-0.05, 0) is 55.5 Å². The number of nitrogens with one attached hydrogen (secondary N) is 1. The first-order valence-corrected chi connectivity index (χ1v) is 11.4. The molecule has 0 spiro atoms. The molecule has 3 heterocycles. The number of nitrogens with zero attached hydrogens (tertiary/aromatic N) is 3. The maximum Gasteiger partial charge on any atom is 0.418 e. The van der Waals surface area contributed by atoms with Gasteiger partial charge in [0.1, 0.15) is 16.7 Å². The molecule has 0 bridgehead atoms. The molecule has 0 radical (unpaired) electrons. The number of alkyl halides is 3. The van der Waals surface area contributed by atoms with Gasteiger partial charge >= 0.3 is 6.18 Å². The summed E-state index contributed by atoms with van der Waals surface area (Å²) in [6.07, 6.45) is -2.19. The fraction of sp³-hybridized carbons (Fsp3) is 0.333. The van der Waals surface area contributed by atoms with Crippen LogP contribution in [0.4, 0.5) is 24.8 Å². The highest BCUT2D eigenvalue weighted by atomic mass is 32.2. The number of benzene rings is 1. The van der Waals surface area contributed by atoms with Crippen molar-refractivity contribution in [1.82, 2.24) is 9.97 Å². The monoisotopic (exact) mass is 458 g/mol. The van der Waals surface area contributed by atoms with Crippen molar-refractivity contribution in [1.29, 1.82) is 0 Å². The number of halogens is 3. The van der Waals surface area contributed by atoms with Gasteiger partial charge in [0, 0.05) is 30.6 Å². The van der Waals surface area contributed by atoms with Crippen LogP contribution in [-0.4, -0.2) is 23.1 Å². The lowest BCUT2D eigenvalue weighted by Gasteiger charge is -2.31. The zero-order valence-corrected chi connectivity index (χ0v) is 18.8. The molecule has 1 saturated heterocycles. The molecular formula is C24H25F3N4S. The van der Waals surface area contributed by atoms with Crippen molar-refractivity contribution in [2.24, 2.45) is 5.92 Å². The predicted molar refractivity (Wildman–Crippen MR) is 124 cm³/mol. The number of aryl methyl sites for hydroxylation is 1. The van der Waals surface area contributed by atoms with Gasteiger partial charge in [0.15, 0.2) is 0 Å². The number of anilines is 2. The van der Waals surface area contributed by atoms with Crippen LogP contribution in [-0.2, 0) is 6.18 Å². The molecule has 4 rings (SSSR count). The number of piperidine rings is 1. The van der Waals surface area contributed by atoms with E-state index in [1.54, 1.807) is 31.2 Å². The molecule has 1 aliphatic rings. The van der Waals surface area contributed by atoms with E-state index in [2.05, 4.69) is 21.5 Å². The molecular weight excluding hydrogens is 433 g/mol. The maximum atomic E-state index is 13.6. The van der Waals surface area contributed by atoms with Crippen molar-refractivity contribution < 1.29 is 13.2 Å². The maximum absolute atomic E-state index is 13.6. The number of pyridine rings is 2. The lowest BCUT2D eigenvalue weighted by Crippen LogP contribution is -2.33. The minimum atomic E-state index is -4.49. The van der Waals surface area contributed by atoms with E-state index in [4.69, 9.17) is 4.98 Å². The zero-order chi connectivity index (χ0) is 22.7. The molecule has 0 aliphatic carbocycles. The Balaban J connectivity index is 1.55. The fourth-order valence-corrected chi connectivity index (χ4v) is 4.38. The summed E-state index contributed by atoms with van der Waals surface area (Å²) in [6, 6.07) is 15.2. The van der Waals surface area contributed by atoms with Gasteiger partial charge in [0.05, 0.1) is 11.3 Å². The number of hydrogen-bond acceptors (Lipinski definition) is 5. The average Bonchev–Trinajstić information content (AvgIpc) is 2.78. The van der Waals surface area contributed by atoms with E-state index < -0.39 is 11.7 Å². The van der Waals surface area contributed by atoms with E-state index in [1.807, 2.05) is 18.2 Å². The first-order valence-electron chi connectivity index (χ1n) is 10.6. The van der Waals surface area contributed by atoms with Gasteiger partial charge in [-0.3, -0.25) is 0 Å². The Hall–Kier alpha value is -2.74. The molecule has 1 fully saturated rings. The lowest BCUT2D eigenvalue weighted by atomic mass is 9.99. The third kappa shape index (κ3) is 5.18. The van der Waals surface area contributed by atoms with Crippen molar-refractivity contribution in [3.63, 3.8) is 0 Å². The van der Waals surface area contributed by atoms with Gasteiger partial charge in [-0.15, -0.1) is 0 Å². The van der Waals surface area contributed by atoms with E-state index in [9.17, 15) is 13.2 Å². The first-order chi connectivity index (χ1) is 15.3. The first kappa shape index (κ1) is 22.5. The second kappa shape index (κ2) is 9.40. The Morgan fingerprint density at radius 2 is 1.72 bits per heavy atom. The predicted octanol–water partition coefficient (Wildman–Crippen LogP) is 6.83. The topological polar surface area (TPSA) is 41.1 Å². The summed E-state index contributed by atoms with van der Waals surface area (Å²) >= 11 is 1.24. The fourth-order valence-electron chi connectivity index (χ4n) is 3.77. The molecule has 0 atom stereocenters. The van der Waals surface area contributed by atoms with E-state index in [1.165, 1.54) is 18.0 Å². The standard InChI is InChI=1S/C24H25F3N4S/c1-16-12-14-31(15-13-16)21-8-5-9-22(29-21)32-30-20-11-10-19(24(25,26)27)23(28-20)18-7-4-3-6-17(18)2/h3-11,16H,12-15H2,1-2H3,(H,28,30). The van der Waals surface area contributed by atoms with Crippen molar-refractivity contribution >= 4 is 23.6 Å². The van der Waals surface area contributed by atoms with Crippen LogP contribution in [0, 0.1) is 12.8 Å². The van der Waals surface area contributed by atoms with Gasteiger partial charge in [-0.2, -0.15) is 13.2 Å². The summed E-state index contributed by atoms with van der Waals surface area (Å²) in [6.45, 7) is 6.01. The highest BCUT2D eigenvalue weighted by Gasteiger charge is 2.35. The van der Waals surface area contributed by atoms with Gasteiger partial charge < -0.3 is 9.62 Å². The van der Waals surface area contributed by atoms with Gasteiger partial charge in [-0.1, -0.05) is 37.3 Å². The van der Waals surface area contributed by atoms with Crippen LogP contribution in [0.15, 0.2) is 59.6 Å². The summed E-state index contributed by atoms with van der Waals surface area (Å²) in [5, 5.41) is 0.736. The quantitative estimate of drug-likeness (QED) is 0.425. The summed E-state index contributed by atoms with van der Waals surface area (Å²) in [5.74, 6) is 2.00. The Morgan fingerprint density at radius 3 is 2.44 bits per heavy atom. The molecule has 1 aliphatic heterocycles. The Labute approximate surface area is 190 Å². The largest absolute Gasteiger partial charge is 0.418 e. The molecule has 1 N–H and O–H groups in total. The summed E-state index contributed by atoms with van der Waals surface area (Å²) < 4.78 is 43.9. The molecule has 1 aromatic carbocycles. The van der Waals surface area contributed by atoms with Crippen LogP contribution in [0.25, 0.3) is 11.3 Å². The molecule has 0 unspecified atom stereocenters. The SMILES string of the molecule is Cc1ccccc1-c1nc(NSc2cccc(N3CCC(C)CC3)n2)ccc1C(F)(F)F. The Bertz CT molecular complexity index is 1080. The molecule has 4 nitrogen and oxygen atoms in total. The Morgan fingerprint density at radius 1 is 0.969 bits per heavy atom. The average molecular weight is 459 g/mol. The van der Waals surface area contributed by atoms with Gasteiger partial charge in [0.2, 0.25) is 0 Å². The van der Waals surface area contributed by atoms with Gasteiger partial charge in [-0.25, -0.2) is 9.97 Å². The van der Waals surface area contributed by atoms with E-state index >= 15 is 0 Å². The molecule has 2 aromatic heterocycles. The molecule has 168 valence electrons. The van der Waals surface area contributed by atoms with Crippen molar-refractivity contribution in [3.05, 3.63) is 65.7 Å². The van der Waals surface area contributed by atoms with Gasteiger partial charge in [0.25, 0.3) is 0 Å². The van der Waals surface area contributed by atoms with E-state index in [-0.39, 0.29) is 5.69 Å². The summed E-state index contributed by atoms with van der Waals surface area (Å²) in [4.78, 5) is 11.3. The zero-order valence-electron chi connectivity index (χ0n) is 18.0. The number of aromatic nitrogens is 2. The highest BCUT2D eigenvalue weighted by molar-refractivity contribution is 8.00. The summed E-state index contributed by atoms with van der Waals surface area (Å²) in [5.41, 5.74) is 0.376. The third-order valence-corrected chi connectivity index (χ3v) is 6.43. The Kier molecular flexibility index (Phi) is 6.60. The van der Waals surface area contributed by atoms with Crippen molar-refractivity contribution in [2.75, 3.05) is 22.7 Å². The van der Waals surface area contributed by atoms with Crippen molar-refractivity contribution in [3.8, 4) is 11.3 Å². The summed E-state index contributed by atoms with van der Waals surface area (Å²) in [7, 11) is 0. The van der Waals surface area contributed by atoms with Crippen LogP contribution in [0.3, 0.4) is 0 Å². The van der Waals surface area contributed by atoms with Crippen LogP contribution in [0.5, 0.6) is 0 Å². The third-order valence-electron chi connectivity index (χ3n) is 5.68. The van der Waals surface area contributed by atoms with Crippen LogP contribution < -0.4 is 9.62 Å². The van der Waals surface area contributed by atoms with E-state index in [0.717, 1.165) is 54.3 Å². The minimum absolute atomic E-state index is 0.0784. The molecule has 32 heavy (non-hydrogen) atoms. The minimum Gasteiger partial charge on any atom is -0.357 e. The smallest absolute Gasteiger partial charge is 0.357 e. The van der Waals surface area contributed by atoms with Crippen LogP contribution in [0.2, 0.25) is 0 Å². The van der Waals surface area contributed by atoms with Crippen LogP contribution >= 0.6 is 11.9 Å². The second-order valence-electron chi connectivity index (χ2n) is 8.11. The van der Waals surface area contributed by atoms with Crippen molar-refractivity contribution in [2.45, 2.75) is 37.9 Å². The molecule has 0 amide bonds.